The third kappa shape index (κ3) is 2.69. The Morgan fingerprint density at radius 1 is 1.40 bits per heavy atom. The van der Waals surface area contributed by atoms with Crippen LogP contribution in [0.1, 0.15) is 11.8 Å². The van der Waals surface area contributed by atoms with Crippen molar-refractivity contribution in [3.05, 3.63) is 30.1 Å². The van der Waals surface area contributed by atoms with Crippen molar-refractivity contribution < 1.29 is 4.42 Å². The smallest absolute Gasteiger partial charge is 0.226 e. The van der Waals surface area contributed by atoms with Crippen molar-refractivity contribution in [1.82, 2.24) is 15.2 Å². The molecule has 0 saturated carbocycles. The molecule has 2 rings (SSSR count). The van der Waals surface area contributed by atoms with Crippen molar-refractivity contribution in [1.29, 1.82) is 0 Å². The first-order chi connectivity index (χ1) is 7.24. The van der Waals surface area contributed by atoms with E-state index in [0.717, 1.165) is 5.03 Å². The zero-order chi connectivity index (χ0) is 10.7. The van der Waals surface area contributed by atoms with Crippen LogP contribution in [-0.2, 0) is 5.75 Å². The number of anilines is 1. The Morgan fingerprint density at radius 2 is 2.27 bits per heavy atom. The number of pyridine rings is 1. The second-order valence-electron chi connectivity index (χ2n) is 2.93. The predicted molar refractivity (Wildman–Crippen MR) is 57.2 cm³/mol. The van der Waals surface area contributed by atoms with Gasteiger partial charge in [-0.25, -0.2) is 4.98 Å². The molecule has 2 heterocycles. The minimum absolute atomic E-state index is 0.580. The first-order valence-corrected chi connectivity index (χ1v) is 5.36. The van der Waals surface area contributed by atoms with Crippen LogP contribution in [-0.4, -0.2) is 15.2 Å². The summed E-state index contributed by atoms with van der Waals surface area (Å²) in [7, 11) is 0. The fourth-order valence-electron chi connectivity index (χ4n) is 1.01. The van der Waals surface area contributed by atoms with Crippen LogP contribution in [0.2, 0.25) is 0 Å². The fourth-order valence-corrected chi connectivity index (χ4v) is 1.69. The normalized spacial score (nSPS) is 10.5. The zero-order valence-electron chi connectivity index (χ0n) is 8.17. The SMILES string of the molecule is Cc1nnc(CSc2ccc(N)cn2)o1. The number of hydrogen-bond donors (Lipinski definition) is 1. The third-order valence-electron chi connectivity index (χ3n) is 1.67. The van der Waals surface area contributed by atoms with Crippen LogP contribution in [0.25, 0.3) is 0 Å². The topological polar surface area (TPSA) is 77.8 Å². The van der Waals surface area contributed by atoms with Crippen LogP contribution in [0, 0.1) is 6.92 Å². The highest BCUT2D eigenvalue weighted by atomic mass is 32.2. The molecule has 0 fully saturated rings. The number of thioether (sulfide) groups is 1. The first kappa shape index (κ1) is 9.97. The Bertz CT molecular complexity index is 440. The Balaban J connectivity index is 1.96. The molecule has 2 aromatic heterocycles. The molecule has 0 unspecified atom stereocenters. The molecule has 0 amide bonds. The van der Waals surface area contributed by atoms with Crippen LogP contribution >= 0.6 is 11.8 Å². The number of aromatic nitrogens is 3. The van der Waals surface area contributed by atoms with E-state index in [2.05, 4.69) is 15.2 Å². The average Bonchev–Trinajstić information content (AvgIpc) is 2.64. The Labute approximate surface area is 91.1 Å². The van der Waals surface area contributed by atoms with Gasteiger partial charge in [-0.2, -0.15) is 0 Å². The summed E-state index contributed by atoms with van der Waals surface area (Å²) in [6.45, 7) is 1.77. The number of nitrogens with two attached hydrogens (primary N) is 1. The van der Waals surface area contributed by atoms with Crippen LogP contribution < -0.4 is 5.73 Å². The van der Waals surface area contributed by atoms with Gasteiger partial charge in [-0.15, -0.1) is 10.2 Å². The monoisotopic (exact) mass is 222 g/mol. The molecular weight excluding hydrogens is 212 g/mol. The summed E-state index contributed by atoms with van der Waals surface area (Å²) in [5.74, 6) is 1.81. The quantitative estimate of drug-likeness (QED) is 0.795. The summed E-state index contributed by atoms with van der Waals surface area (Å²) in [6, 6.07) is 3.68. The molecule has 0 aliphatic rings. The van der Waals surface area contributed by atoms with Crippen molar-refractivity contribution in [3.8, 4) is 0 Å². The summed E-state index contributed by atoms with van der Waals surface area (Å²) in [5.41, 5.74) is 6.18. The van der Waals surface area contributed by atoms with Gasteiger partial charge in [-0.05, 0) is 12.1 Å². The van der Waals surface area contributed by atoms with E-state index in [4.69, 9.17) is 10.2 Å². The summed E-state index contributed by atoms with van der Waals surface area (Å²) in [6.07, 6.45) is 1.63. The summed E-state index contributed by atoms with van der Waals surface area (Å²) >= 11 is 1.53. The Morgan fingerprint density at radius 3 is 2.87 bits per heavy atom. The van der Waals surface area contributed by atoms with Gasteiger partial charge >= 0.3 is 0 Å². The zero-order valence-corrected chi connectivity index (χ0v) is 8.99. The molecular formula is C9H10N4OS. The van der Waals surface area contributed by atoms with E-state index < -0.39 is 0 Å². The molecule has 6 heteroatoms. The van der Waals surface area contributed by atoms with Crippen LogP contribution in [0.5, 0.6) is 0 Å². The number of nitrogen functional groups attached to an aromatic ring is 1. The lowest BCUT2D eigenvalue weighted by atomic mass is 10.4. The van der Waals surface area contributed by atoms with E-state index in [1.165, 1.54) is 11.8 Å². The van der Waals surface area contributed by atoms with Gasteiger partial charge in [-0.3, -0.25) is 0 Å². The molecule has 0 aliphatic heterocycles. The van der Waals surface area contributed by atoms with E-state index >= 15 is 0 Å². The molecule has 0 atom stereocenters. The molecule has 0 aliphatic carbocycles. The number of hydrogen-bond acceptors (Lipinski definition) is 6. The Hall–Kier alpha value is -1.56. The number of rotatable bonds is 3. The molecule has 15 heavy (non-hydrogen) atoms. The lowest BCUT2D eigenvalue weighted by Crippen LogP contribution is -1.87. The number of nitrogens with zero attached hydrogens (tertiary/aromatic N) is 3. The molecule has 0 saturated heterocycles. The second kappa shape index (κ2) is 4.31. The van der Waals surface area contributed by atoms with E-state index in [1.54, 1.807) is 13.1 Å². The van der Waals surface area contributed by atoms with Crippen molar-refractivity contribution in [2.24, 2.45) is 0 Å². The largest absolute Gasteiger partial charge is 0.425 e. The molecule has 0 bridgehead atoms. The van der Waals surface area contributed by atoms with Crippen molar-refractivity contribution in [2.75, 3.05) is 5.73 Å². The predicted octanol–water partition coefficient (Wildman–Crippen LogP) is 1.65. The van der Waals surface area contributed by atoms with Crippen LogP contribution in [0.15, 0.2) is 27.8 Å². The Kier molecular flexibility index (Phi) is 2.86. The van der Waals surface area contributed by atoms with Crippen LogP contribution in [0.3, 0.4) is 0 Å². The lowest BCUT2D eigenvalue weighted by Gasteiger charge is -1.97. The summed E-state index contributed by atoms with van der Waals surface area (Å²) < 4.78 is 5.23. The molecule has 0 aromatic carbocycles. The van der Waals surface area contributed by atoms with Gasteiger partial charge in [0.25, 0.3) is 0 Å². The van der Waals surface area contributed by atoms with E-state index in [9.17, 15) is 0 Å². The summed E-state index contributed by atoms with van der Waals surface area (Å²) in [5, 5.41) is 8.52. The molecule has 2 aromatic rings. The standard InChI is InChI=1S/C9H10N4OS/c1-6-12-13-8(14-6)5-15-9-3-2-7(10)4-11-9/h2-4H,5,10H2,1H3. The number of aryl methyl sites for hydroxylation is 1. The van der Waals surface area contributed by atoms with Gasteiger partial charge in [0.05, 0.1) is 22.7 Å². The highest BCUT2D eigenvalue weighted by Gasteiger charge is 2.03. The fraction of sp³-hybridized carbons (Fsp3) is 0.222. The minimum atomic E-state index is 0.580. The van der Waals surface area contributed by atoms with E-state index in [1.807, 2.05) is 12.1 Å². The second-order valence-corrected chi connectivity index (χ2v) is 3.93. The van der Waals surface area contributed by atoms with Crippen molar-refractivity contribution in [3.63, 3.8) is 0 Å². The van der Waals surface area contributed by atoms with E-state index in [0.29, 0.717) is 23.2 Å². The maximum Gasteiger partial charge on any atom is 0.226 e. The molecule has 2 N–H and O–H groups in total. The molecule has 5 nitrogen and oxygen atoms in total. The van der Waals surface area contributed by atoms with Gasteiger partial charge < -0.3 is 10.2 Å². The van der Waals surface area contributed by atoms with Gasteiger partial charge in [0.15, 0.2) is 0 Å². The van der Waals surface area contributed by atoms with Crippen molar-refractivity contribution in [2.45, 2.75) is 17.7 Å². The first-order valence-electron chi connectivity index (χ1n) is 4.37. The lowest BCUT2D eigenvalue weighted by molar-refractivity contribution is 0.485. The average molecular weight is 222 g/mol. The highest BCUT2D eigenvalue weighted by molar-refractivity contribution is 7.98. The molecule has 0 spiro atoms. The molecule has 0 radical (unpaired) electrons. The van der Waals surface area contributed by atoms with Crippen LogP contribution in [0.4, 0.5) is 5.69 Å². The van der Waals surface area contributed by atoms with Gasteiger partial charge in [-0.1, -0.05) is 11.8 Å². The third-order valence-corrected chi connectivity index (χ3v) is 2.60. The van der Waals surface area contributed by atoms with Crippen molar-refractivity contribution >= 4 is 17.4 Å². The maximum absolute atomic E-state index is 5.52. The minimum Gasteiger partial charge on any atom is -0.425 e. The van der Waals surface area contributed by atoms with Gasteiger partial charge in [0.2, 0.25) is 11.8 Å². The van der Waals surface area contributed by atoms with E-state index in [-0.39, 0.29) is 0 Å². The highest BCUT2D eigenvalue weighted by Crippen LogP contribution is 2.20. The molecule has 78 valence electrons. The maximum atomic E-state index is 5.52. The summed E-state index contributed by atoms with van der Waals surface area (Å²) in [4.78, 5) is 4.15. The van der Waals surface area contributed by atoms with Gasteiger partial charge in [0.1, 0.15) is 0 Å². The van der Waals surface area contributed by atoms with Gasteiger partial charge in [0, 0.05) is 6.92 Å².